The molecule has 2 rings (SSSR count). The molecule has 1 saturated heterocycles. The summed E-state index contributed by atoms with van der Waals surface area (Å²) in [7, 11) is 0. The number of rotatable bonds is 3. The number of hydrogen-bond acceptors (Lipinski definition) is 2. The smallest absolute Gasteiger partial charge is 0.0612 e. The van der Waals surface area contributed by atoms with Crippen LogP contribution < -0.4 is 0 Å². The van der Waals surface area contributed by atoms with E-state index in [0.717, 1.165) is 25.2 Å². The summed E-state index contributed by atoms with van der Waals surface area (Å²) in [6.07, 6.45) is 1.19. The minimum atomic E-state index is -0.346. The number of hydrogen-bond donors (Lipinski definition) is 1. The molecule has 1 aliphatic heterocycles. The van der Waals surface area contributed by atoms with Crippen LogP contribution in [0.25, 0.3) is 0 Å². The highest BCUT2D eigenvalue weighted by Gasteiger charge is 2.28. The number of aliphatic hydroxyl groups excluding tert-OH is 1. The predicted octanol–water partition coefficient (Wildman–Crippen LogP) is 3.57. The van der Waals surface area contributed by atoms with Gasteiger partial charge in [0.05, 0.1) is 16.1 Å². The summed E-state index contributed by atoms with van der Waals surface area (Å²) in [5.41, 5.74) is 1.02. The Morgan fingerprint density at radius 1 is 1.39 bits per heavy atom. The van der Waals surface area contributed by atoms with Crippen molar-refractivity contribution < 1.29 is 9.84 Å². The summed E-state index contributed by atoms with van der Waals surface area (Å²) in [5.74, 6) is 0.699. The van der Waals surface area contributed by atoms with E-state index in [9.17, 15) is 5.11 Å². The van der Waals surface area contributed by atoms with Crippen molar-refractivity contribution in [1.29, 1.82) is 0 Å². The second-order valence-electron chi connectivity index (χ2n) is 5.02. The molecule has 1 heterocycles. The highest BCUT2D eigenvalue weighted by molar-refractivity contribution is 6.42. The summed E-state index contributed by atoms with van der Waals surface area (Å²) in [6.45, 7) is 3.61. The van der Waals surface area contributed by atoms with Crippen LogP contribution >= 0.6 is 23.2 Å². The zero-order valence-electron chi connectivity index (χ0n) is 10.4. The van der Waals surface area contributed by atoms with Crippen LogP contribution in [0.2, 0.25) is 10.0 Å². The van der Waals surface area contributed by atoms with Crippen molar-refractivity contribution >= 4 is 23.2 Å². The molecule has 1 fully saturated rings. The Labute approximate surface area is 118 Å². The average Bonchev–Trinajstić information content (AvgIpc) is 2.34. The molecule has 0 radical (unpaired) electrons. The maximum atomic E-state index is 10.3. The molecule has 0 aliphatic carbocycles. The summed E-state index contributed by atoms with van der Waals surface area (Å²) in [6, 6.07) is 5.53. The van der Waals surface area contributed by atoms with Gasteiger partial charge in [-0.05, 0) is 42.4 Å². The Balaban J connectivity index is 2.01. The highest BCUT2D eigenvalue weighted by atomic mass is 35.5. The second kappa shape index (κ2) is 6.25. The third-order valence-electron chi connectivity index (χ3n) is 3.63. The SMILES string of the molecule is CC1COCCC1C(O)Cc1ccc(Cl)c(Cl)c1. The molecule has 18 heavy (non-hydrogen) atoms. The van der Waals surface area contributed by atoms with Crippen LogP contribution in [0.15, 0.2) is 18.2 Å². The van der Waals surface area contributed by atoms with Gasteiger partial charge in [0, 0.05) is 13.2 Å². The van der Waals surface area contributed by atoms with E-state index in [1.165, 1.54) is 0 Å². The number of ether oxygens (including phenoxy) is 1. The van der Waals surface area contributed by atoms with E-state index < -0.39 is 0 Å². The number of halogens is 2. The molecule has 0 amide bonds. The predicted molar refractivity (Wildman–Crippen MR) is 74.3 cm³/mol. The van der Waals surface area contributed by atoms with Crippen LogP contribution in [0.4, 0.5) is 0 Å². The van der Waals surface area contributed by atoms with Gasteiger partial charge in [-0.25, -0.2) is 0 Å². The molecule has 0 bridgehead atoms. The van der Waals surface area contributed by atoms with Crippen molar-refractivity contribution in [3.8, 4) is 0 Å². The van der Waals surface area contributed by atoms with Crippen LogP contribution in [-0.4, -0.2) is 24.4 Å². The molecule has 3 unspecified atom stereocenters. The minimum absolute atomic E-state index is 0.299. The largest absolute Gasteiger partial charge is 0.392 e. The van der Waals surface area contributed by atoms with E-state index in [1.54, 1.807) is 6.07 Å². The van der Waals surface area contributed by atoms with Crippen LogP contribution in [0.1, 0.15) is 18.9 Å². The summed E-state index contributed by atoms with van der Waals surface area (Å²) >= 11 is 11.9. The van der Waals surface area contributed by atoms with E-state index in [-0.39, 0.29) is 6.10 Å². The zero-order valence-corrected chi connectivity index (χ0v) is 11.9. The topological polar surface area (TPSA) is 29.5 Å². The number of aliphatic hydroxyl groups is 1. The van der Waals surface area contributed by atoms with Gasteiger partial charge in [0.2, 0.25) is 0 Å². The molecular weight excluding hydrogens is 271 g/mol. The lowest BCUT2D eigenvalue weighted by Crippen LogP contribution is -2.35. The second-order valence-corrected chi connectivity index (χ2v) is 5.84. The first-order chi connectivity index (χ1) is 8.58. The van der Waals surface area contributed by atoms with Crippen LogP contribution in [0, 0.1) is 11.8 Å². The van der Waals surface area contributed by atoms with Gasteiger partial charge in [-0.2, -0.15) is 0 Å². The first-order valence-corrected chi connectivity index (χ1v) is 7.03. The monoisotopic (exact) mass is 288 g/mol. The Hall–Kier alpha value is -0.280. The quantitative estimate of drug-likeness (QED) is 0.921. The Kier molecular flexibility index (Phi) is 4.91. The van der Waals surface area contributed by atoms with Crippen LogP contribution in [-0.2, 0) is 11.2 Å². The molecule has 3 atom stereocenters. The molecule has 1 aliphatic rings. The standard InChI is InChI=1S/C14H18Cl2O2/c1-9-8-18-5-4-11(9)14(17)7-10-2-3-12(15)13(16)6-10/h2-3,6,9,11,14,17H,4-5,7-8H2,1H3. The normalized spacial score (nSPS) is 26.0. The van der Waals surface area contributed by atoms with Gasteiger partial charge in [-0.3, -0.25) is 0 Å². The van der Waals surface area contributed by atoms with Gasteiger partial charge in [-0.1, -0.05) is 36.2 Å². The van der Waals surface area contributed by atoms with Gasteiger partial charge in [0.15, 0.2) is 0 Å². The van der Waals surface area contributed by atoms with E-state index >= 15 is 0 Å². The maximum absolute atomic E-state index is 10.3. The van der Waals surface area contributed by atoms with Crippen molar-refractivity contribution in [2.24, 2.45) is 11.8 Å². The number of benzene rings is 1. The molecule has 4 heteroatoms. The summed E-state index contributed by atoms with van der Waals surface area (Å²) in [5, 5.41) is 11.4. The lowest BCUT2D eigenvalue weighted by atomic mass is 9.83. The highest BCUT2D eigenvalue weighted by Crippen LogP contribution is 2.28. The van der Waals surface area contributed by atoms with Crippen molar-refractivity contribution in [3.05, 3.63) is 33.8 Å². The van der Waals surface area contributed by atoms with Gasteiger partial charge >= 0.3 is 0 Å². The third kappa shape index (κ3) is 3.39. The molecule has 1 aromatic rings. The maximum Gasteiger partial charge on any atom is 0.0612 e. The van der Waals surface area contributed by atoms with Crippen molar-refractivity contribution in [2.75, 3.05) is 13.2 Å². The first kappa shape index (κ1) is 14.1. The fourth-order valence-corrected chi connectivity index (χ4v) is 2.85. The molecule has 0 spiro atoms. The lowest BCUT2D eigenvalue weighted by Gasteiger charge is -2.32. The minimum Gasteiger partial charge on any atom is -0.392 e. The first-order valence-electron chi connectivity index (χ1n) is 6.27. The van der Waals surface area contributed by atoms with E-state index in [0.29, 0.717) is 28.3 Å². The fraction of sp³-hybridized carbons (Fsp3) is 0.571. The lowest BCUT2D eigenvalue weighted by molar-refractivity contribution is -0.0294. The van der Waals surface area contributed by atoms with Gasteiger partial charge in [0.25, 0.3) is 0 Å². The van der Waals surface area contributed by atoms with Crippen molar-refractivity contribution in [2.45, 2.75) is 25.9 Å². The van der Waals surface area contributed by atoms with Crippen LogP contribution in [0.3, 0.4) is 0 Å². The van der Waals surface area contributed by atoms with Crippen LogP contribution in [0.5, 0.6) is 0 Å². The third-order valence-corrected chi connectivity index (χ3v) is 4.37. The molecule has 1 N–H and O–H groups in total. The fourth-order valence-electron chi connectivity index (χ4n) is 2.53. The van der Waals surface area contributed by atoms with Gasteiger partial charge in [0.1, 0.15) is 0 Å². The molecule has 1 aromatic carbocycles. The zero-order chi connectivity index (χ0) is 13.1. The Bertz CT molecular complexity index is 409. The van der Waals surface area contributed by atoms with E-state index in [1.807, 2.05) is 12.1 Å². The molecule has 0 aromatic heterocycles. The summed E-state index contributed by atoms with van der Waals surface area (Å²) in [4.78, 5) is 0. The van der Waals surface area contributed by atoms with E-state index in [4.69, 9.17) is 27.9 Å². The van der Waals surface area contributed by atoms with Crippen molar-refractivity contribution in [3.63, 3.8) is 0 Å². The Morgan fingerprint density at radius 2 is 2.17 bits per heavy atom. The van der Waals surface area contributed by atoms with Gasteiger partial charge in [-0.15, -0.1) is 0 Å². The average molecular weight is 289 g/mol. The molecule has 100 valence electrons. The Morgan fingerprint density at radius 3 is 2.83 bits per heavy atom. The van der Waals surface area contributed by atoms with Crippen molar-refractivity contribution in [1.82, 2.24) is 0 Å². The molecular formula is C14H18Cl2O2. The molecule has 2 nitrogen and oxygen atoms in total. The van der Waals surface area contributed by atoms with Gasteiger partial charge < -0.3 is 9.84 Å². The molecule has 0 saturated carbocycles. The van der Waals surface area contributed by atoms with E-state index in [2.05, 4.69) is 6.92 Å². The summed E-state index contributed by atoms with van der Waals surface area (Å²) < 4.78 is 5.40.